The number of carbonyl (C=O) groups is 1. The number of halogens is 1. The van der Waals surface area contributed by atoms with E-state index in [0.717, 1.165) is 18.4 Å². The molecule has 0 aliphatic heterocycles. The number of hydrogen-bond donors (Lipinski definition) is 2. The lowest BCUT2D eigenvalue weighted by molar-refractivity contribution is -0.114. The Morgan fingerprint density at radius 3 is 2.28 bits per heavy atom. The van der Waals surface area contributed by atoms with Crippen LogP contribution < -0.4 is 10.7 Å². The Morgan fingerprint density at radius 2 is 1.75 bits per heavy atom. The number of aliphatic hydroxyl groups is 1. The van der Waals surface area contributed by atoms with Gasteiger partial charge in [0.2, 0.25) is 11.3 Å². The van der Waals surface area contributed by atoms with E-state index in [2.05, 4.69) is 5.32 Å². The van der Waals surface area contributed by atoms with E-state index in [1.807, 2.05) is 26.0 Å². The van der Waals surface area contributed by atoms with Crippen molar-refractivity contribution in [1.29, 1.82) is 0 Å². The highest BCUT2D eigenvalue weighted by Gasteiger charge is 2.19. The van der Waals surface area contributed by atoms with Gasteiger partial charge in [0.25, 0.3) is 0 Å². The van der Waals surface area contributed by atoms with Crippen LogP contribution in [0.4, 0.5) is 5.69 Å². The van der Waals surface area contributed by atoms with Crippen molar-refractivity contribution in [2.24, 2.45) is 0 Å². The SMILES string of the molecule is CC(=O)Nc1ccc2c(=O)c(-c3ccc(Cl)cc3)c(C(C)C)oc2c1.OC1CCCCC1. The van der Waals surface area contributed by atoms with Crippen molar-refractivity contribution in [1.82, 2.24) is 0 Å². The molecule has 0 bridgehead atoms. The predicted molar refractivity (Wildman–Crippen MR) is 130 cm³/mol. The third kappa shape index (κ3) is 5.99. The fourth-order valence-electron chi connectivity index (χ4n) is 3.87. The molecule has 1 aromatic heterocycles. The van der Waals surface area contributed by atoms with E-state index in [9.17, 15) is 9.59 Å². The predicted octanol–water partition coefficient (Wildman–Crippen LogP) is 6.51. The quantitative estimate of drug-likeness (QED) is 0.472. The zero-order valence-corrected chi connectivity index (χ0v) is 19.5. The van der Waals surface area contributed by atoms with Gasteiger partial charge in [-0.2, -0.15) is 0 Å². The second-order valence-electron chi connectivity index (χ2n) is 8.52. The van der Waals surface area contributed by atoms with E-state index in [0.29, 0.717) is 33.0 Å². The fraction of sp³-hybridized carbons (Fsp3) is 0.385. The molecule has 4 rings (SSSR count). The van der Waals surface area contributed by atoms with Gasteiger partial charge in [-0.3, -0.25) is 9.59 Å². The molecular formula is C26H30ClNO4. The van der Waals surface area contributed by atoms with Crippen LogP contribution in [-0.4, -0.2) is 17.1 Å². The molecule has 0 saturated heterocycles. The van der Waals surface area contributed by atoms with Crippen LogP contribution in [0.1, 0.15) is 64.6 Å². The highest BCUT2D eigenvalue weighted by Crippen LogP contribution is 2.31. The van der Waals surface area contributed by atoms with Crippen LogP contribution >= 0.6 is 11.6 Å². The van der Waals surface area contributed by atoms with Crippen molar-refractivity contribution < 1.29 is 14.3 Å². The fourth-order valence-corrected chi connectivity index (χ4v) is 3.99. The first-order valence-electron chi connectivity index (χ1n) is 11.1. The molecule has 3 aromatic rings. The molecule has 1 amide bonds. The first-order chi connectivity index (χ1) is 15.3. The minimum absolute atomic E-state index is 0.0206. The van der Waals surface area contributed by atoms with Gasteiger partial charge in [0.1, 0.15) is 11.3 Å². The lowest BCUT2D eigenvalue weighted by Crippen LogP contribution is -2.11. The molecule has 0 atom stereocenters. The van der Waals surface area contributed by atoms with Gasteiger partial charge in [0.15, 0.2) is 0 Å². The summed E-state index contributed by atoms with van der Waals surface area (Å²) in [5, 5.41) is 12.7. The Balaban J connectivity index is 0.000000352. The summed E-state index contributed by atoms with van der Waals surface area (Å²) in [5.41, 5.74) is 2.28. The van der Waals surface area contributed by atoms with Crippen LogP contribution in [0.25, 0.3) is 22.1 Å². The molecule has 0 unspecified atom stereocenters. The Bertz CT molecular complexity index is 1130. The van der Waals surface area contributed by atoms with E-state index in [4.69, 9.17) is 21.1 Å². The highest BCUT2D eigenvalue weighted by atomic mass is 35.5. The minimum Gasteiger partial charge on any atom is -0.460 e. The van der Waals surface area contributed by atoms with E-state index in [1.165, 1.54) is 26.2 Å². The van der Waals surface area contributed by atoms with Crippen molar-refractivity contribution in [2.75, 3.05) is 5.32 Å². The van der Waals surface area contributed by atoms with E-state index in [1.54, 1.807) is 30.3 Å². The number of nitrogens with one attached hydrogen (secondary N) is 1. The monoisotopic (exact) mass is 455 g/mol. The van der Waals surface area contributed by atoms with Gasteiger partial charge < -0.3 is 14.8 Å². The molecule has 1 aliphatic carbocycles. The number of aliphatic hydroxyl groups excluding tert-OH is 1. The van der Waals surface area contributed by atoms with Crippen molar-refractivity contribution >= 4 is 34.2 Å². The third-order valence-electron chi connectivity index (χ3n) is 5.47. The standard InChI is InChI=1S/C20H18ClNO3.C6H12O/c1-11(2)20-18(13-4-6-14(21)7-5-13)19(24)16-9-8-15(22-12(3)23)10-17(16)25-20;7-6-4-2-1-3-5-6/h4-11H,1-3H3,(H,22,23);6-7H,1-5H2. The number of benzene rings is 2. The van der Waals surface area contributed by atoms with Crippen LogP contribution in [0, 0.1) is 0 Å². The second-order valence-corrected chi connectivity index (χ2v) is 8.95. The molecule has 1 aliphatic rings. The summed E-state index contributed by atoms with van der Waals surface area (Å²) in [7, 11) is 0. The molecule has 6 heteroatoms. The van der Waals surface area contributed by atoms with Gasteiger partial charge in [0, 0.05) is 29.6 Å². The van der Waals surface area contributed by atoms with Crippen molar-refractivity contribution in [3.8, 4) is 11.1 Å². The van der Waals surface area contributed by atoms with Gasteiger partial charge in [-0.15, -0.1) is 0 Å². The van der Waals surface area contributed by atoms with Crippen LogP contribution in [0.5, 0.6) is 0 Å². The van der Waals surface area contributed by atoms with Crippen LogP contribution in [0.3, 0.4) is 0 Å². The summed E-state index contributed by atoms with van der Waals surface area (Å²) >= 11 is 5.96. The van der Waals surface area contributed by atoms with Crippen LogP contribution in [0.15, 0.2) is 51.7 Å². The van der Waals surface area contributed by atoms with Crippen LogP contribution in [0.2, 0.25) is 5.02 Å². The van der Waals surface area contributed by atoms with Crippen molar-refractivity contribution in [3.63, 3.8) is 0 Å². The Hall–Kier alpha value is -2.63. The number of amides is 1. The summed E-state index contributed by atoms with van der Waals surface area (Å²) in [6.07, 6.45) is 5.92. The largest absolute Gasteiger partial charge is 0.460 e. The maximum atomic E-state index is 13.1. The molecule has 0 radical (unpaired) electrons. The molecule has 32 heavy (non-hydrogen) atoms. The molecule has 2 N–H and O–H groups in total. The first-order valence-corrected chi connectivity index (χ1v) is 11.5. The number of hydrogen-bond acceptors (Lipinski definition) is 4. The smallest absolute Gasteiger partial charge is 0.221 e. The van der Waals surface area contributed by atoms with Gasteiger partial charge in [-0.25, -0.2) is 0 Å². The highest BCUT2D eigenvalue weighted by molar-refractivity contribution is 6.30. The lowest BCUT2D eigenvalue weighted by atomic mass is 9.97. The van der Waals surface area contributed by atoms with Gasteiger partial charge in [-0.1, -0.05) is 56.8 Å². The first kappa shape index (κ1) is 24.0. The average molecular weight is 456 g/mol. The Morgan fingerprint density at radius 1 is 1.09 bits per heavy atom. The molecular weight excluding hydrogens is 426 g/mol. The third-order valence-corrected chi connectivity index (χ3v) is 5.72. The number of carbonyl (C=O) groups excluding carboxylic acids is 1. The maximum absolute atomic E-state index is 13.1. The Kier molecular flexibility index (Phi) is 8.10. The number of rotatable bonds is 3. The normalized spacial score (nSPS) is 14.2. The molecule has 170 valence electrons. The van der Waals surface area contributed by atoms with Crippen LogP contribution in [-0.2, 0) is 4.79 Å². The maximum Gasteiger partial charge on any atom is 0.221 e. The summed E-state index contributed by atoms with van der Waals surface area (Å²) in [6, 6.07) is 12.2. The zero-order chi connectivity index (χ0) is 23.3. The molecule has 1 heterocycles. The van der Waals surface area contributed by atoms with E-state index >= 15 is 0 Å². The minimum atomic E-state index is -0.177. The van der Waals surface area contributed by atoms with Gasteiger partial charge in [-0.05, 0) is 42.7 Å². The zero-order valence-electron chi connectivity index (χ0n) is 18.8. The molecule has 2 aromatic carbocycles. The topological polar surface area (TPSA) is 79.5 Å². The summed E-state index contributed by atoms with van der Waals surface area (Å²) in [6.45, 7) is 5.38. The summed E-state index contributed by atoms with van der Waals surface area (Å²) in [5.74, 6) is 0.454. The van der Waals surface area contributed by atoms with Gasteiger partial charge >= 0.3 is 0 Å². The van der Waals surface area contributed by atoms with E-state index < -0.39 is 0 Å². The number of fused-ring (bicyclic) bond motifs is 1. The summed E-state index contributed by atoms with van der Waals surface area (Å²) in [4.78, 5) is 24.3. The second kappa shape index (κ2) is 10.8. The molecule has 1 saturated carbocycles. The molecule has 1 fully saturated rings. The number of anilines is 1. The average Bonchev–Trinajstić information content (AvgIpc) is 2.75. The van der Waals surface area contributed by atoms with E-state index in [-0.39, 0.29) is 23.4 Å². The molecule has 0 spiro atoms. The Labute approximate surface area is 193 Å². The lowest BCUT2D eigenvalue weighted by Gasteiger charge is -2.14. The van der Waals surface area contributed by atoms with Gasteiger partial charge in [0.05, 0.1) is 17.1 Å². The van der Waals surface area contributed by atoms with Crippen molar-refractivity contribution in [2.45, 2.75) is 64.9 Å². The molecule has 5 nitrogen and oxygen atoms in total. The van der Waals surface area contributed by atoms with Crippen molar-refractivity contribution in [3.05, 3.63) is 63.5 Å². The summed E-state index contributed by atoms with van der Waals surface area (Å²) < 4.78 is 6.06.